The van der Waals surface area contributed by atoms with Crippen molar-refractivity contribution in [3.63, 3.8) is 0 Å². The minimum atomic E-state index is -0.475. The summed E-state index contributed by atoms with van der Waals surface area (Å²) in [5.74, 6) is 0.794. The minimum Gasteiger partial charge on any atom is -0.464 e. The van der Waals surface area contributed by atoms with Gasteiger partial charge in [-0.3, -0.25) is 10.1 Å². The summed E-state index contributed by atoms with van der Waals surface area (Å²) >= 11 is 0. The number of esters is 1. The van der Waals surface area contributed by atoms with Crippen molar-refractivity contribution in [2.75, 3.05) is 7.11 Å². The van der Waals surface area contributed by atoms with Crippen LogP contribution in [-0.4, -0.2) is 28.3 Å². The van der Waals surface area contributed by atoms with E-state index in [0.717, 1.165) is 0 Å². The first kappa shape index (κ1) is 12.2. The van der Waals surface area contributed by atoms with Crippen molar-refractivity contribution in [2.45, 2.75) is 0 Å². The minimum absolute atomic E-state index is 0.260. The van der Waals surface area contributed by atoms with E-state index >= 15 is 0 Å². The molecule has 0 aliphatic rings. The number of methoxy groups -OCH3 is 1. The second kappa shape index (κ2) is 5.00. The molecule has 20 heavy (non-hydrogen) atoms. The molecule has 0 bridgehead atoms. The average Bonchev–Trinajstić information content (AvgIpc) is 2.90. The summed E-state index contributed by atoms with van der Waals surface area (Å²) in [6, 6.07) is 8.89. The molecule has 0 saturated heterocycles. The molecule has 2 heterocycles. The van der Waals surface area contributed by atoms with Crippen molar-refractivity contribution in [3.05, 3.63) is 48.4 Å². The van der Waals surface area contributed by atoms with E-state index in [4.69, 9.17) is 4.74 Å². The van der Waals surface area contributed by atoms with Gasteiger partial charge in [0.05, 0.1) is 18.8 Å². The van der Waals surface area contributed by atoms with Gasteiger partial charge in [-0.2, -0.15) is 5.10 Å². The smallest absolute Gasteiger partial charge is 0.359 e. The average molecular weight is 269 g/mol. The number of benzene rings is 1. The van der Waals surface area contributed by atoms with Crippen LogP contribution in [0.25, 0.3) is 10.9 Å². The molecular formula is C14H11N3O3. The topological polar surface area (TPSA) is 77.1 Å². The summed E-state index contributed by atoms with van der Waals surface area (Å²) in [6.45, 7) is 0. The number of carbonyl (C=O) groups is 1. The lowest BCUT2D eigenvalue weighted by Crippen LogP contribution is -2.01. The van der Waals surface area contributed by atoms with Crippen LogP contribution in [-0.2, 0) is 4.74 Å². The fourth-order valence-electron chi connectivity index (χ4n) is 1.86. The highest BCUT2D eigenvalue weighted by atomic mass is 16.5. The van der Waals surface area contributed by atoms with Crippen molar-refractivity contribution < 1.29 is 14.3 Å². The van der Waals surface area contributed by atoms with Crippen molar-refractivity contribution in [3.8, 4) is 11.5 Å². The SMILES string of the molecule is COC(=O)c1n[nH]c2cc(Oc3cccnc3)ccc12. The Morgan fingerprint density at radius 3 is 2.90 bits per heavy atom. The Morgan fingerprint density at radius 2 is 2.15 bits per heavy atom. The molecule has 2 aromatic heterocycles. The highest BCUT2D eigenvalue weighted by Gasteiger charge is 2.14. The first-order valence-corrected chi connectivity index (χ1v) is 5.92. The van der Waals surface area contributed by atoms with Crippen molar-refractivity contribution >= 4 is 16.9 Å². The number of nitrogens with zero attached hydrogens (tertiary/aromatic N) is 2. The maximum Gasteiger partial charge on any atom is 0.359 e. The molecular weight excluding hydrogens is 258 g/mol. The van der Waals surface area contributed by atoms with Gasteiger partial charge in [-0.05, 0) is 24.3 Å². The van der Waals surface area contributed by atoms with E-state index in [1.165, 1.54) is 7.11 Å². The van der Waals surface area contributed by atoms with Crippen molar-refractivity contribution in [1.82, 2.24) is 15.2 Å². The summed E-state index contributed by atoms with van der Waals surface area (Å²) in [5.41, 5.74) is 0.960. The molecule has 0 fully saturated rings. The third-order valence-corrected chi connectivity index (χ3v) is 2.78. The Balaban J connectivity index is 1.94. The van der Waals surface area contributed by atoms with Crippen LogP contribution >= 0.6 is 0 Å². The molecule has 0 atom stereocenters. The Bertz CT molecular complexity index is 753. The van der Waals surface area contributed by atoms with Crippen LogP contribution in [0, 0.1) is 0 Å². The van der Waals surface area contributed by atoms with Gasteiger partial charge in [0.25, 0.3) is 0 Å². The summed E-state index contributed by atoms with van der Waals surface area (Å²) < 4.78 is 10.3. The molecule has 3 aromatic rings. The number of H-pyrrole nitrogens is 1. The van der Waals surface area contributed by atoms with Crippen LogP contribution in [0.15, 0.2) is 42.7 Å². The van der Waals surface area contributed by atoms with Gasteiger partial charge in [0, 0.05) is 17.6 Å². The van der Waals surface area contributed by atoms with Gasteiger partial charge >= 0.3 is 5.97 Å². The number of pyridine rings is 1. The van der Waals surface area contributed by atoms with Crippen molar-refractivity contribution in [1.29, 1.82) is 0 Å². The van der Waals surface area contributed by atoms with Crippen LogP contribution in [0.2, 0.25) is 0 Å². The van der Waals surface area contributed by atoms with E-state index in [2.05, 4.69) is 19.9 Å². The lowest BCUT2D eigenvalue weighted by molar-refractivity contribution is 0.0596. The Labute approximate surface area is 114 Å². The predicted octanol–water partition coefficient (Wildman–Crippen LogP) is 2.54. The van der Waals surface area contributed by atoms with Gasteiger partial charge in [-0.25, -0.2) is 4.79 Å². The van der Waals surface area contributed by atoms with Crippen LogP contribution in [0.4, 0.5) is 0 Å². The Morgan fingerprint density at radius 1 is 1.25 bits per heavy atom. The number of hydrogen-bond donors (Lipinski definition) is 1. The van der Waals surface area contributed by atoms with E-state index in [1.54, 1.807) is 36.7 Å². The number of carbonyl (C=O) groups excluding carboxylic acids is 1. The number of aromatic nitrogens is 3. The third-order valence-electron chi connectivity index (χ3n) is 2.78. The van der Waals surface area contributed by atoms with Crippen LogP contribution < -0.4 is 4.74 Å². The first-order valence-electron chi connectivity index (χ1n) is 5.92. The number of nitrogens with one attached hydrogen (secondary N) is 1. The van der Waals surface area contributed by atoms with Gasteiger partial charge < -0.3 is 9.47 Å². The Hall–Kier alpha value is -2.89. The maximum absolute atomic E-state index is 11.5. The molecule has 0 unspecified atom stereocenters. The highest BCUT2D eigenvalue weighted by Crippen LogP contribution is 2.25. The lowest BCUT2D eigenvalue weighted by Gasteiger charge is -2.04. The standard InChI is InChI=1S/C14H11N3O3/c1-19-14(18)13-11-5-4-9(7-12(11)16-17-13)20-10-3-2-6-15-8-10/h2-8H,1H3,(H,16,17). The number of fused-ring (bicyclic) bond motifs is 1. The van der Waals surface area contributed by atoms with Crippen LogP contribution in [0.5, 0.6) is 11.5 Å². The molecule has 0 aliphatic carbocycles. The number of ether oxygens (including phenoxy) is 2. The summed E-state index contributed by atoms with van der Waals surface area (Å²) in [6.07, 6.45) is 3.30. The monoisotopic (exact) mass is 269 g/mol. The van der Waals surface area contributed by atoms with Gasteiger partial charge in [-0.15, -0.1) is 0 Å². The van der Waals surface area contributed by atoms with E-state index in [9.17, 15) is 4.79 Å². The summed E-state index contributed by atoms with van der Waals surface area (Å²) in [4.78, 5) is 15.5. The number of hydrogen-bond acceptors (Lipinski definition) is 5. The third kappa shape index (κ3) is 2.18. The van der Waals surface area contributed by atoms with E-state index < -0.39 is 5.97 Å². The number of rotatable bonds is 3. The van der Waals surface area contributed by atoms with Crippen LogP contribution in [0.3, 0.4) is 0 Å². The second-order valence-corrected chi connectivity index (χ2v) is 4.06. The zero-order chi connectivity index (χ0) is 13.9. The normalized spacial score (nSPS) is 10.4. The Kier molecular flexibility index (Phi) is 3.04. The highest BCUT2D eigenvalue weighted by molar-refractivity contribution is 6.02. The molecule has 3 rings (SSSR count). The zero-order valence-electron chi connectivity index (χ0n) is 10.7. The molecule has 1 N–H and O–H groups in total. The largest absolute Gasteiger partial charge is 0.464 e. The van der Waals surface area contributed by atoms with Gasteiger partial charge in [0.2, 0.25) is 0 Å². The molecule has 100 valence electrons. The lowest BCUT2D eigenvalue weighted by atomic mass is 10.2. The summed E-state index contributed by atoms with van der Waals surface area (Å²) in [5, 5.41) is 7.42. The van der Waals surface area contributed by atoms with Crippen molar-refractivity contribution in [2.24, 2.45) is 0 Å². The molecule has 6 nitrogen and oxygen atoms in total. The van der Waals surface area contributed by atoms with E-state index in [-0.39, 0.29) is 5.69 Å². The fourth-order valence-corrected chi connectivity index (χ4v) is 1.86. The van der Waals surface area contributed by atoms with Gasteiger partial charge in [0.15, 0.2) is 5.69 Å². The van der Waals surface area contributed by atoms with Gasteiger partial charge in [0.1, 0.15) is 11.5 Å². The molecule has 1 aromatic carbocycles. The number of aromatic amines is 1. The molecule has 0 radical (unpaired) electrons. The van der Waals surface area contributed by atoms with Gasteiger partial charge in [-0.1, -0.05) is 0 Å². The molecule has 0 saturated carbocycles. The fraction of sp³-hybridized carbons (Fsp3) is 0.0714. The predicted molar refractivity (Wildman–Crippen MR) is 71.7 cm³/mol. The molecule has 6 heteroatoms. The quantitative estimate of drug-likeness (QED) is 0.739. The molecule has 0 amide bonds. The second-order valence-electron chi connectivity index (χ2n) is 4.06. The first-order chi connectivity index (χ1) is 9.78. The summed E-state index contributed by atoms with van der Waals surface area (Å²) in [7, 11) is 1.32. The zero-order valence-corrected chi connectivity index (χ0v) is 10.7. The van der Waals surface area contributed by atoms with E-state index in [1.807, 2.05) is 6.07 Å². The van der Waals surface area contributed by atoms with E-state index in [0.29, 0.717) is 22.4 Å². The molecule has 0 aliphatic heterocycles. The van der Waals surface area contributed by atoms with Crippen LogP contribution in [0.1, 0.15) is 10.5 Å². The molecule has 0 spiro atoms. The maximum atomic E-state index is 11.5.